The van der Waals surface area contributed by atoms with Crippen molar-refractivity contribution in [2.75, 3.05) is 6.61 Å². The molecule has 0 radical (unpaired) electrons. The molecule has 3 aliphatic rings. The third kappa shape index (κ3) is 3.66. The number of rotatable bonds is 4. The third-order valence-electron chi connectivity index (χ3n) is 8.45. The lowest BCUT2D eigenvalue weighted by atomic mass is 9.82. The Labute approximate surface area is 216 Å². The minimum Gasteiger partial charge on any atom is -0.448 e. The molecular weight excluding hydrogens is 462 g/mol. The van der Waals surface area contributed by atoms with E-state index < -0.39 is 5.60 Å². The smallest absolute Gasteiger partial charge is 0.410 e. The Balaban J connectivity index is 1.07. The van der Waals surface area contributed by atoms with Crippen LogP contribution in [0.3, 0.4) is 0 Å². The number of aromatic nitrogens is 2. The van der Waals surface area contributed by atoms with E-state index in [1.54, 1.807) is 10.9 Å². The van der Waals surface area contributed by atoms with Crippen LogP contribution in [0, 0.1) is 0 Å². The zero-order valence-corrected chi connectivity index (χ0v) is 20.5. The first-order chi connectivity index (χ1) is 18.1. The van der Waals surface area contributed by atoms with E-state index in [9.17, 15) is 9.90 Å². The summed E-state index contributed by atoms with van der Waals surface area (Å²) in [5.41, 5.74) is 5.62. The molecule has 2 bridgehead atoms. The SMILES string of the molecule is O=C(OCC1c2ccccc2-c2ccccc21)N1C2CCC1CC(O)(c1cnn(-c3ccccc3)c1)C2. The van der Waals surface area contributed by atoms with E-state index in [1.165, 1.54) is 22.3 Å². The van der Waals surface area contributed by atoms with Crippen LogP contribution < -0.4 is 0 Å². The predicted octanol–water partition coefficient (Wildman–Crippen LogP) is 5.64. The first-order valence-corrected chi connectivity index (χ1v) is 13.1. The lowest BCUT2D eigenvalue weighted by molar-refractivity contribution is -0.0531. The summed E-state index contributed by atoms with van der Waals surface area (Å²) in [7, 11) is 0. The van der Waals surface area contributed by atoms with Crippen LogP contribution in [0.25, 0.3) is 16.8 Å². The van der Waals surface area contributed by atoms with Gasteiger partial charge in [-0.05, 0) is 47.2 Å². The predicted molar refractivity (Wildman–Crippen MR) is 140 cm³/mol. The van der Waals surface area contributed by atoms with Crippen LogP contribution in [-0.4, -0.2) is 44.6 Å². The molecular formula is C31H29N3O3. The van der Waals surface area contributed by atoms with Gasteiger partial charge in [-0.15, -0.1) is 0 Å². The molecule has 1 aromatic heterocycles. The molecule has 0 spiro atoms. The molecule has 6 heteroatoms. The fraction of sp³-hybridized carbons (Fsp3) is 0.290. The Morgan fingerprint density at radius 1 is 0.892 bits per heavy atom. The first-order valence-electron chi connectivity index (χ1n) is 13.1. The second kappa shape index (κ2) is 8.60. The Kier molecular flexibility index (Phi) is 5.18. The topological polar surface area (TPSA) is 67.6 Å². The number of amides is 1. The summed E-state index contributed by atoms with van der Waals surface area (Å²) in [6.45, 7) is 0.316. The Morgan fingerprint density at radius 2 is 1.49 bits per heavy atom. The number of carbonyl (C=O) groups is 1. The molecule has 186 valence electrons. The number of hydrogen-bond donors (Lipinski definition) is 1. The maximum absolute atomic E-state index is 13.4. The molecule has 6 nitrogen and oxygen atoms in total. The van der Waals surface area contributed by atoms with E-state index in [-0.39, 0.29) is 24.1 Å². The zero-order chi connectivity index (χ0) is 25.0. The molecule has 2 atom stereocenters. The van der Waals surface area contributed by atoms with Gasteiger partial charge in [0.25, 0.3) is 0 Å². The summed E-state index contributed by atoms with van der Waals surface area (Å²) >= 11 is 0. The standard InChI is InChI=1S/C31H29N3O3/c35-30(37-20-29-27-12-6-4-10-25(27)26-11-5-7-13-28(26)29)34-23-14-15-24(34)17-31(36,16-23)21-18-32-33(19-21)22-8-2-1-3-9-22/h1-13,18-19,23-24,29,36H,14-17,20H2. The van der Waals surface area contributed by atoms with E-state index in [1.807, 2.05) is 53.6 Å². The van der Waals surface area contributed by atoms with Gasteiger partial charge in [0.15, 0.2) is 0 Å². The second-order valence-electron chi connectivity index (χ2n) is 10.5. The van der Waals surface area contributed by atoms with Crippen LogP contribution in [0.4, 0.5) is 4.79 Å². The number of hydrogen-bond acceptors (Lipinski definition) is 4. The number of piperidine rings is 1. The van der Waals surface area contributed by atoms with Crippen LogP contribution in [0.15, 0.2) is 91.3 Å². The minimum absolute atomic E-state index is 0.0413. The quantitative estimate of drug-likeness (QED) is 0.401. The molecule has 1 amide bonds. The molecule has 3 heterocycles. The zero-order valence-electron chi connectivity index (χ0n) is 20.5. The maximum Gasteiger partial charge on any atom is 0.410 e. The fourth-order valence-corrected chi connectivity index (χ4v) is 6.71. The molecule has 2 aliphatic heterocycles. The van der Waals surface area contributed by atoms with Gasteiger partial charge in [0, 0.05) is 42.6 Å². The average molecular weight is 492 g/mol. The van der Waals surface area contributed by atoms with Gasteiger partial charge in [0.05, 0.1) is 17.5 Å². The van der Waals surface area contributed by atoms with Crippen LogP contribution in [0.5, 0.6) is 0 Å². The molecule has 4 aromatic rings. The monoisotopic (exact) mass is 491 g/mol. The number of nitrogens with zero attached hydrogens (tertiary/aromatic N) is 3. The van der Waals surface area contributed by atoms with Gasteiger partial charge in [-0.3, -0.25) is 0 Å². The average Bonchev–Trinajstić information content (AvgIpc) is 3.62. The van der Waals surface area contributed by atoms with E-state index in [4.69, 9.17) is 4.74 Å². The molecule has 1 aliphatic carbocycles. The van der Waals surface area contributed by atoms with Crippen molar-refractivity contribution in [3.8, 4) is 16.8 Å². The number of ether oxygens (including phenoxy) is 1. The Hall–Kier alpha value is -3.90. The molecule has 3 aromatic carbocycles. The summed E-state index contributed by atoms with van der Waals surface area (Å²) in [6.07, 6.45) is 6.15. The van der Waals surface area contributed by atoms with Crippen molar-refractivity contribution in [2.24, 2.45) is 0 Å². The highest BCUT2D eigenvalue weighted by Gasteiger charge is 2.51. The van der Waals surface area contributed by atoms with Crippen molar-refractivity contribution in [3.05, 3.63) is 108 Å². The van der Waals surface area contributed by atoms with Gasteiger partial charge < -0.3 is 14.7 Å². The van der Waals surface area contributed by atoms with Gasteiger partial charge in [0.1, 0.15) is 6.61 Å². The molecule has 0 saturated carbocycles. The molecule has 1 N–H and O–H groups in total. The Bertz CT molecular complexity index is 1400. The van der Waals surface area contributed by atoms with Crippen LogP contribution >= 0.6 is 0 Å². The van der Waals surface area contributed by atoms with Crippen molar-refractivity contribution in [3.63, 3.8) is 0 Å². The number of para-hydroxylation sites is 1. The summed E-state index contributed by atoms with van der Waals surface area (Å²) in [4.78, 5) is 15.3. The highest BCUT2D eigenvalue weighted by atomic mass is 16.6. The minimum atomic E-state index is -1.00. The summed E-state index contributed by atoms with van der Waals surface area (Å²) < 4.78 is 7.78. The molecule has 2 saturated heterocycles. The highest BCUT2D eigenvalue weighted by molar-refractivity contribution is 5.79. The normalized spacial score (nSPS) is 24.1. The summed E-state index contributed by atoms with van der Waals surface area (Å²) in [5, 5.41) is 16.2. The number of fused-ring (bicyclic) bond motifs is 5. The fourth-order valence-electron chi connectivity index (χ4n) is 6.71. The van der Waals surface area contributed by atoms with Crippen LogP contribution in [-0.2, 0) is 10.3 Å². The van der Waals surface area contributed by atoms with Crippen molar-refractivity contribution in [1.82, 2.24) is 14.7 Å². The van der Waals surface area contributed by atoms with Crippen molar-refractivity contribution in [1.29, 1.82) is 0 Å². The van der Waals surface area contributed by atoms with Crippen molar-refractivity contribution >= 4 is 6.09 Å². The van der Waals surface area contributed by atoms with Crippen molar-refractivity contribution in [2.45, 2.75) is 49.3 Å². The number of benzene rings is 3. The van der Waals surface area contributed by atoms with Crippen molar-refractivity contribution < 1.29 is 14.6 Å². The number of carbonyl (C=O) groups excluding carboxylic acids is 1. The van der Waals surface area contributed by atoms with Gasteiger partial charge in [-0.25, -0.2) is 9.48 Å². The largest absolute Gasteiger partial charge is 0.448 e. The second-order valence-corrected chi connectivity index (χ2v) is 10.5. The van der Waals surface area contributed by atoms with Gasteiger partial charge >= 0.3 is 6.09 Å². The van der Waals surface area contributed by atoms with Crippen LogP contribution in [0.2, 0.25) is 0 Å². The lowest BCUT2D eigenvalue weighted by Gasteiger charge is -2.42. The number of aliphatic hydroxyl groups is 1. The third-order valence-corrected chi connectivity index (χ3v) is 8.45. The van der Waals surface area contributed by atoms with Gasteiger partial charge in [-0.1, -0.05) is 66.7 Å². The molecule has 2 fully saturated rings. The van der Waals surface area contributed by atoms with Crippen LogP contribution in [0.1, 0.15) is 48.3 Å². The molecule has 2 unspecified atom stereocenters. The maximum atomic E-state index is 13.4. The van der Waals surface area contributed by atoms with E-state index >= 15 is 0 Å². The van der Waals surface area contributed by atoms with Gasteiger partial charge in [0.2, 0.25) is 0 Å². The van der Waals surface area contributed by atoms with Gasteiger partial charge in [-0.2, -0.15) is 5.10 Å². The van der Waals surface area contributed by atoms with E-state index in [0.29, 0.717) is 19.4 Å². The summed E-state index contributed by atoms with van der Waals surface area (Å²) in [6, 6.07) is 26.6. The summed E-state index contributed by atoms with van der Waals surface area (Å²) in [5.74, 6) is 0.0413. The lowest BCUT2D eigenvalue weighted by Crippen LogP contribution is -2.52. The molecule has 7 rings (SSSR count). The first kappa shape index (κ1) is 22.3. The van der Waals surface area contributed by atoms with E-state index in [0.717, 1.165) is 24.1 Å². The molecule has 37 heavy (non-hydrogen) atoms. The highest BCUT2D eigenvalue weighted by Crippen LogP contribution is 2.47. The van der Waals surface area contributed by atoms with E-state index in [2.05, 4.69) is 41.5 Å². The Morgan fingerprint density at radius 3 is 2.14 bits per heavy atom.